The highest BCUT2D eigenvalue weighted by atomic mass is 32.2. The fourth-order valence-electron chi connectivity index (χ4n) is 2.82. The van der Waals surface area contributed by atoms with Gasteiger partial charge in [0.2, 0.25) is 0 Å². The standard InChI is InChI=1S/C19H24N2O2S/c1-3-12-23-16-7-5-4-6-15(16)13-17-18(22)20-19(24-17)21-10-8-14(2)9-11-21/h4-7,13-14H,3,8-12H2,1-2H3/b17-13-. The summed E-state index contributed by atoms with van der Waals surface area (Å²) in [5.74, 6) is 1.45. The highest BCUT2D eigenvalue weighted by molar-refractivity contribution is 8.18. The molecule has 4 nitrogen and oxygen atoms in total. The van der Waals surface area contributed by atoms with Crippen LogP contribution < -0.4 is 4.74 Å². The van der Waals surface area contributed by atoms with E-state index in [0.717, 1.165) is 41.9 Å². The number of para-hydroxylation sites is 1. The average molecular weight is 344 g/mol. The van der Waals surface area contributed by atoms with E-state index in [1.807, 2.05) is 30.3 Å². The molecule has 0 unspecified atom stereocenters. The van der Waals surface area contributed by atoms with Gasteiger partial charge in [-0.15, -0.1) is 0 Å². The van der Waals surface area contributed by atoms with Crippen molar-refractivity contribution >= 4 is 28.9 Å². The Labute approximate surface area is 148 Å². The van der Waals surface area contributed by atoms with Crippen molar-refractivity contribution in [2.45, 2.75) is 33.1 Å². The molecule has 2 aliphatic rings. The van der Waals surface area contributed by atoms with Crippen LogP contribution in [-0.4, -0.2) is 35.7 Å². The van der Waals surface area contributed by atoms with Crippen molar-refractivity contribution in [1.82, 2.24) is 4.90 Å². The molecule has 1 saturated heterocycles. The lowest BCUT2D eigenvalue weighted by molar-refractivity contribution is -0.113. The van der Waals surface area contributed by atoms with E-state index in [0.29, 0.717) is 11.5 Å². The minimum Gasteiger partial charge on any atom is -0.493 e. The molecule has 0 aliphatic carbocycles. The third-order valence-electron chi connectivity index (χ3n) is 4.33. The SMILES string of the molecule is CCCOc1ccccc1/C=C1\SC(N2CCC(C)CC2)=NC1=O. The van der Waals surface area contributed by atoms with Gasteiger partial charge in [-0.2, -0.15) is 4.99 Å². The van der Waals surface area contributed by atoms with E-state index in [-0.39, 0.29) is 5.91 Å². The molecule has 0 atom stereocenters. The molecule has 0 bridgehead atoms. The van der Waals surface area contributed by atoms with Crippen LogP contribution in [0.4, 0.5) is 0 Å². The molecule has 2 aliphatic heterocycles. The minimum absolute atomic E-state index is 0.140. The number of hydrogen-bond acceptors (Lipinski definition) is 4. The molecular formula is C19H24N2O2S. The van der Waals surface area contributed by atoms with E-state index in [4.69, 9.17) is 4.74 Å². The fourth-order valence-corrected chi connectivity index (χ4v) is 3.77. The second-order valence-electron chi connectivity index (χ2n) is 6.37. The van der Waals surface area contributed by atoms with Crippen LogP contribution in [0.15, 0.2) is 34.2 Å². The summed E-state index contributed by atoms with van der Waals surface area (Å²) in [6, 6.07) is 7.84. The van der Waals surface area contributed by atoms with Gasteiger partial charge in [0.05, 0.1) is 11.5 Å². The van der Waals surface area contributed by atoms with Gasteiger partial charge in [0, 0.05) is 18.7 Å². The van der Waals surface area contributed by atoms with E-state index in [2.05, 4.69) is 23.7 Å². The number of rotatable bonds is 4. The van der Waals surface area contributed by atoms with Gasteiger partial charge < -0.3 is 9.64 Å². The van der Waals surface area contributed by atoms with E-state index in [1.165, 1.54) is 24.6 Å². The first kappa shape index (κ1) is 17.1. The highest BCUT2D eigenvalue weighted by Gasteiger charge is 2.28. The monoisotopic (exact) mass is 344 g/mol. The maximum atomic E-state index is 12.3. The van der Waals surface area contributed by atoms with Crippen LogP contribution in [0.3, 0.4) is 0 Å². The number of benzene rings is 1. The van der Waals surface area contributed by atoms with Crippen molar-refractivity contribution in [3.05, 3.63) is 34.7 Å². The summed E-state index contributed by atoms with van der Waals surface area (Å²) in [6.45, 7) is 7.02. The Hall–Kier alpha value is -1.75. The first-order valence-electron chi connectivity index (χ1n) is 8.66. The molecule has 0 saturated carbocycles. The molecule has 24 heavy (non-hydrogen) atoms. The van der Waals surface area contributed by atoms with E-state index >= 15 is 0 Å². The number of carbonyl (C=O) groups is 1. The molecule has 0 N–H and O–H groups in total. The van der Waals surface area contributed by atoms with Crippen LogP contribution in [-0.2, 0) is 4.79 Å². The van der Waals surface area contributed by atoms with Crippen LogP contribution in [0, 0.1) is 5.92 Å². The molecule has 5 heteroatoms. The molecule has 3 rings (SSSR count). The molecule has 1 aromatic rings. The lowest BCUT2D eigenvalue weighted by Gasteiger charge is -2.30. The van der Waals surface area contributed by atoms with Crippen LogP contribution >= 0.6 is 11.8 Å². The summed E-state index contributed by atoms with van der Waals surface area (Å²) < 4.78 is 5.77. The van der Waals surface area contributed by atoms with Gasteiger partial charge in [0.25, 0.3) is 5.91 Å². The molecule has 0 spiro atoms. The smallest absolute Gasteiger partial charge is 0.286 e. The van der Waals surface area contributed by atoms with Gasteiger partial charge in [-0.3, -0.25) is 4.79 Å². The molecular weight excluding hydrogens is 320 g/mol. The molecule has 2 heterocycles. The average Bonchev–Trinajstić information content (AvgIpc) is 2.95. The Morgan fingerprint density at radius 3 is 2.83 bits per heavy atom. The number of ether oxygens (including phenoxy) is 1. The van der Waals surface area contributed by atoms with Crippen molar-refractivity contribution in [3.63, 3.8) is 0 Å². The van der Waals surface area contributed by atoms with Gasteiger partial charge in [-0.05, 0) is 49.1 Å². The number of hydrogen-bond donors (Lipinski definition) is 0. The number of carbonyl (C=O) groups excluding carboxylic acids is 1. The van der Waals surface area contributed by atoms with Crippen LogP contribution in [0.5, 0.6) is 5.75 Å². The van der Waals surface area contributed by atoms with Crippen molar-refractivity contribution in [2.75, 3.05) is 19.7 Å². The Bertz CT molecular complexity index is 661. The zero-order valence-electron chi connectivity index (χ0n) is 14.3. The molecule has 1 amide bonds. The summed E-state index contributed by atoms with van der Waals surface area (Å²) in [6.07, 6.45) is 5.20. The number of amidine groups is 1. The summed E-state index contributed by atoms with van der Waals surface area (Å²) >= 11 is 1.49. The normalized spacial score (nSPS) is 20.6. The van der Waals surface area contributed by atoms with E-state index in [9.17, 15) is 4.79 Å². The first-order valence-corrected chi connectivity index (χ1v) is 9.48. The number of thioether (sulfide) groups is 1. The Kier molecular flexibility index (Phi) is 5.61. The Balaban J connectivity index is 1.73. The molecule has 1 fully saturated rings. The van der Waals surface area contributed by atoms with Crippen molar-refractivity contribution < 1.29 is 9.53 Å². The van der Waals surface area contributed by atoms with Crippen LogP contribution in [0.2, 0.25) is 0 Å². The number of piperidine rings is 1. The van der Waals surface area contributed by atoms with Gasteiger partial charge in [-0.25, -0.2) is 0 Å². The van der Waals surface area contributed by atoms with Gasteiger partial charge >= 0.3 is 0 Å². The largest absolute Gasteiger partial charge is 0.493 e. The topological polar surface area (TPSA) is 41.9 Å². The summed E-state index contributed by atoms with van der Waals surface area (Å²) in [7, 11) is 0. The van der Waals surface area contributed by atoms with Gasteiger partial charge in [0.1, 0.15) is 5.75 Å². The van der Waals surface area contributed by atoms with Crippen molar-refractivity contribution in [3.8, 4) is 5.75 Å². The second-order valence-corrected chi connectivity index (χ2v) is 7.38. The first-order chi connectivity index (χ1) is 11.7. The second kappa shape index (κ2) is 7.88. The quantitative estimate of drug-likeness (QED) is 0.769. The number of amides is 1. The van der Waals surface area contributed by atoms with Crippen molar-refractivity contribution in [2.24, 2.45) is 10.9 Å². The minimum atomic E-state index is -0.140. The van der Waals surface area contributed by atoms with Crippen molar-refractivity contribution in [1.29, 1.82) is 0 Å². The zero-order valence-corrected chi connectivity index (χ0v) is 15.1. The van der Waals surface area contributed by atoms with Gasteiger partial charge in [-0.1, -0.05) is 32.0 Å². The molecule has 0 aromatic heterocycles. The lowest BCUT2D eigenvalue weighted by atomic mass is 10.00. The van der Waals surface area contributed by atoms with Crippen LogP contribution in [0.1, 0.15) is 38.7 Å². The number of aliphatic imine (C=N–C) groups is 1. The summed E-state index contributed by atoms with van der Waals surface area (Å²) in [5, 5.41) is 0.852. The number of likely N-dealkylation sites (tertiary alicyclic amines) is 1. The lowest BCUT2D eigenvalue weighted by Crippen LogP contribution is -2.35. The predicted molar refractivity (Wildman–Crippen MR) is 100 cm³/mol. The zero-order chi connectivity index (χ0) is 16.9. The Morgan fingerprint density at radius 2 is 2.08 bits per heavy atom. The van der Waals surface area contributed by atoms with Crippen LogP contribution in [0.25, 0.3) is 6.08 Å². The summed E-state index contributed by atoms with van der Waals surface area (Å²) in [5.41, 5.74) is 0.936. The maximum Gasteiger partial charge on any atom is 0.286 e. The molecule has 128 valence electrons. The highest BCUT2D eigenvalue weighted by Crippen LogP contribution is 2.33. The number of nitrogens with zero attached hydrogens (tertiary/aromatic N) is 2. The maximum absolute atomic E-state index is 12.3. The van der Waals surface area contributed by atoms with Gasteiger partial charge in [0.15, 0.2) is 5.17 Å². The fraction of sp³-hybridized carbons (Fsp3) is 0.474. The molecule has 1 aromatic carbocycles. The third-order valence-corrected chi connectivity index (χ3v) is 5.38. The third kappa shape index (κ3) is 4.01. The van der Waals surface area contributed by atoms with E-state index < -0.39 is 0 Å². The summed E-state index contributed by atoms with van der Waals surface area (Å²) in [4.78, 5) is 19.5. The van der Waals surface area contributed by atoms with E-state index in [1.54, 1.807) is 0 Å². The Morgan fingerprint density at radius 1 is 1.33 bits per heavy atom. The molecule has 0 radical (unpaired) electrons. The predicted octanol–water partition coefficient (Wildman–Crippen LogP) is 4.18.